The lowest BCUT2D eigenvalue weighted by molar-refractivity contribution is 0.669. The van der Waals surface area contributed by atoms with E-state index in [0.29, 0.717) is 22.3 Å². The molecule has 11 aromatic rings. The first kappa shape index (κ1) is 21.4. The van der Waals surface area contributed by atoms with Gasteiger partial charge in [0.1, 0.15) is 11.2 Å². The highest BCUT2D eigenvalue weighted by molar-refractivity contribution is 6.25. The number of hydrogen-bond donors (Lipinski definition) is 0. The molecule has 0 atom stereocenters. The van der Waals surface area contributed by atoms with Gasteiger partial charge in [0.15, 0.2) is 0 Å². The Morgan fingerprint density at radius 3 is 1.65 bits per heavy atom. The van der Waals surface area contributed by atoms with E-state index in [1.807, 2.05) is 103 Å². The fourth-order valence-electron chi connectivity index (χ4n) is 8.03. The van der Waals surface area contributed by atoms with Crippen LogP contribution in [0.5, 0.6) is 0 Å². The molecule has 0 saturated carbocycles. The quantitative estimate of drug-likeness (QED) is 0.173. The highest BCUT2D eigenvalue weighted by Crippen LogP contribution is 2.46. The molecule has 0 aliphatic rings. The van der Waals surface area contributed by atoms with Gasteiger partial charge < -0.3 is 4.42 Å². The summed E-state index contributed by atoms with van der Waals surface area (Å²) in [5.41, 5.74) is 5.33. The summed E-state index contributed by atoms with van der Waals surface area (Å²) in [6.45, 7) is 0. The zero-order valence-electron chi connectivity index (χ0n) is 35.1. The Morgan fingerprint density at radius 1 is 0.353 bits per heavy atom. The van der Waals surface area contributed by atoms with Crippen molar-refractivity contribution in [1.82, 2.24) is 0 Å². The van der Waals surface area contributed by atoms with Gasteiger partial charge in [0.05, 0.1) is 11.0 Å². The maximum atomic E-state index is 9.40. The largest absolute Gasteiger partial charge is 0.456 e. The highest BCUT2D eigenvalue weighted by Gasteiger charge is 2.19. The predicted molar refractivity (Wildman–Crippen MR) is 218 cm³/mol. The van der Waals surface area contributed by atoms with Crippen LogP contribution in [-0.4, -0.2) is 0 Å². The first-order valence-corrected chi connectivity index (χ1v) is 16.9. The molecule has 51 heavy (non-hydrogen) atoms. The van der Waals surface area contributed by atoms with Crippen LogP contribution in [-0.2, 0) is 0 Å². The molecule has 0 saturated heterocycles. The molecule has 0 aliphatic carbocycles. The molecule has 1 nitrogen and oxygen atoms in total. The average molecular weight is 655 g/mol. The minimum atomic E-state index is -0.426. The number of hydrogen-bond acceptors (Lipinski definition) is 1. The van der Waals surface area contributed by atoms with Crippen molar-refractivity contribution in [2.45, 2.75) is 0 Å². The summed E-state index contributed by atoms with van der Waals surface area (Å²) >= 11 is 0. The van der Waals surface area contributed by atoms with Crippen LogP contribution in [0.25, 0.3) is 109 Å². The van der Waals surface area contributed by atoms with Crippen molar-refractivity contribution in [2.75, 3.05) is 0 Å². The van der Waals surface area contributed by atoms with E-state index in [0.717, 1.165) is 65.4 Å². The fourth-order valence-corrected chi connectivity index (χ4v) is 8.03. The van der Waals surface area contributed by atoms with Crippen LogP contribution in [0.15, 0.2) is 186 Å². The molecule has 1 heteroatoms. The van der Waals surface area contributed by atoms with E-state index in [1.165, 1.54) is 0 Å². The van der Waals surface area contributed by atoms with E-state index in [-0.39, 0.29) is 45.7 Å². The summed E-state index contributed by atoms with van der Waals surface area (Å²) in [5.74, 6) is 0. The second-order valence-corrected chi connectivity index (χ2v) is 13.0. The van der Waals surface area contributed by atoms with Crippen molar-refractivity contribution in [2.24, 2.45) is 0 Å². The summed E-state index contributed by atoms with van der Waals surface area (Å²) in [5, 5.41) is 8.64. The molecule has 0 N–H and O–H groups in total. The Labute approximate surface area is 305 Å². The van der Waals surface area contributed by atoms with E-state index in [9.17, 15) is 5.48 Å². The van der Waals surface area contributed by atoms with Gasteiger partial charge in [0, 0.05) is 10.8 Å². The molecule has 10 aromatic carbocycles. The van der Waals surface area contributed by atoms with Gasteiger partial charge in [-0.1, -0.05) is 158 Å². The molecule has 236 valence electrons. The third kappa shape index (κ3) is 4.22. The smallest absolute Gasteiger partial charge is 0.136 e. The molecule has 11 rings (SSSR count). The van der Waals surface area contributed by atoms with Gasteiger partial charge in [-0.3, -0.25) is 0 Å². The molecule has 0 unspecified atom stereocenters. The SMILES string of the molecule is [2H]c1c([2H])c([2H])c2c(-c3ccc4c(-c5cccc6oc7ccc8ccccc8c7c56)cccc4c3)c3c([2H])c([2H])c([2H])c([2H])c3c(-c3ccc4ccccc4c3)c2c1[2H]. The Bertz CT molecular complexity index is 3580. The minimum absolute atomic E-state index is 0.189. The molecule has 0 aliphatic heterocycles. The number of benzene rings is 10. The average Bonchev–Trinajstić information content (AvgIpc) is 3.67. The zero-order valence-corrected chi connectivity index (χ0v) is 27.1. The lowest BCUT2D eigenvalue weighted by atomic mass is 9.85. The van der Waals surface area contributed by atoms with Crippen molar-refractivity contribution in [3.05, 3.63) is 182 Å². The highest BCUT2D eigenvalue weighted by atomic mass is 16.3. The summed E-state index contributed by atoms with van der Waals surface area (Å²) < 4.78 is 79.3. The van der Waals surface area contributed by atoms with Crippen LogP contribution in [0.4, 0.5) is 0 Å². The Balaban J connectivity index is 1.25. The van der Waals surface area contributed by atoms with Crippen LogP contribution in [0.1, 0.15) is 11.0 Å². The van der Waals surface area contributed by atoms with Gasteiger partial charge in [0.25, 0.3) is 0 Å². The van der Waals surface area contributed by atoms with Crippen molar-refractivity contribution in [3.8, 4) is 33.4 Å². The summed E-state index contributed by atoms with van der Waals surface area (Å²) in [4.78, 5) is 0. The topological polar surface area (TPSA) is 13.1 Å². The standard InChI is InChI=1S/C50H30O/c1-2-13-33-29-35(24-23-31(33)11-1)47-41-16-5-7-18-43(41)48(44-19-8-6-17-42(44)47)36-25-27-37-34(30-36)14-9-20-39(37)40-21-10-22-45-50(40)49-38-15-4-3-12-32(38)26-28-46(49)51-45/h1-30H/i5D,6D,7D,8D,16D,17D,18D,19D. The monoisotopic (exact) mass is 654 g/mol. The normalized spacial score (nSPS) is 14.1. The summed E-state index contributed by atoms with van der Waals surface area (Å²) in [7, 11) is 0. The molecule has 1 heterocycles. The van der Waals surface area contributed by atoms with Crippen LogP contribution in [0, 0.1) is 0 Å². The predicted octanol–water partition coefficient (Wildman–Crippen LogP) is 14.4. The first-order chi connectivity index (χ1) is 28.6. The maximum Gasteiger partial charge on any atom is 0.136 e. The lowest BCUT2D eigenvalue weighted by Gasteiger charge is -2.18. The van der Waals surface area contributed by atoms with E-state index in [4.69, 9.17) is 9.90 Å². The van der Waals surface area contributed by atoms with Gasteiger partial charge in [-0.2, -0.15) is 0 Å². The van der Waals surface area contributed by atoms with Crippen LogP contribution in [0.2, 0.25) is 0 Å². The third-order valence-corrected chi connectivity index (χ3v) is 10.3. The molecular formula is C50H30O. The fraction of sp³-hybridized carbons (Fsp3) is 0. The van der Waals surface area contributed by atoms with Crippen molar-refractivity contribution >= 4 is 75.8 Å². The van der Waals surface area contributed by atoms with Gasteiger partial charge in [0.2, 0.25) is 0 Å². The minimum Gasteiger partial charge on any atom is -0.456 e. The maximum absolute atomic E-state index is 9.40. The number of fused-ring (bicyclic) bond motifs is 9. The first-order valence-electron chi connectivity index (χ1n) is 20.9. The van der Waals surface area contributed by atoms with Crippen molar-refractivity contribution in [1.29, 1.82) is 0 Å². The van der Waals surface area contributed by atoms with Crippen LogP contribution < -0.4 is 0 Å². The molecule has 0 amide bonds. The Hall–Kier alpha value is -6.70. The van der Waals surface area contributed by atoms with E-state index < -0.39 is 24.2 Å². The molecule has 1 aromatic heterocycles. The molecular weight excluding hydrogens is 617 g/mol. The number of furan rings is 1. The van der Waals surface area contributed by atoms with E-state index in [2.05, 4.69) is 30.3 Å². The van der Waals surface area contributed by atoms with Crippen molar-refractivity contribution in [3.63, 3.8) is 0 Å². The third-order valence-electron chi connectivity index (χ3n) is 10.3. The molecule has 0 fully saturated rings. The molecule has 0 radical (unpaired) electrons. The second kappa shape index (κ2) is 10.9. The van der Waals surface area contributed by atoms with E-state index >= 15 is 0 Å². The summed E-state index contributed by atoms with van der Waals surface area (Å²) in [6.07, 6.45) is 0. The summed E-state index contributed by atoms with van der Waals surface area (Å²) in [6, 6.07) is 40.9. The van der Waals surface area contributed by atoms with E-state index in [1.54, 1.807) is 0 Å². The van der Waals surface area contributed by atoms with Crippen LogP contribution in [0.3, 0.4) is 0 Å². The van der Waals surface area contributed by atoms with Gasteiger partial charge >= 0.3 is 0 Å². The van der Waals surface area contributed by atoms with Gasteiger partial charge in [-0.15, -0.1) is 0 Å². The Kier molecular flexibility index (Phi) is 4.57. The zero-order chi connectivity index (χ0) is 40.4. The Morgan fingerprint density at radius 2 is 0.902 bits per heavy atom. The second-order valence-electron chi connectivity index (χ2n) is 13.0. The van der Waals surface area contributed by atoms with Crippen molar-refractivity contribution < 1.29 is 15.4 Å². The lowest BCUT2D eigenvalue weighted by Crippen LogP contribution is -1.91. The van der Waals surface area contributed by atoms with Gasteiger partial charge in [-0.25, -0.2) is 0 Å². The van der Waals surface area contributed by atoms with Crippen LogP contribution >= 0.6 is 0 Å². The number of rotatable bonds is 3. The van der Waals surface area contributed by atoms with Gasteiger partial charge in [-0.05, 0) is 112 Å². The molecule has 0 bridgehead atoms. The molecule has 0 spiro atoms.